The zero-order valence-electron chi connectivity index (χ0n) is 21.8. The molecule has 3 aromatic rings. The van der Waals surface area contributed by atoms with Gasteiger partial charge in [-0.3, -0.25) is 9.59 Å². The highest BCUT2D eigenvalue weighted by atomic mass is 16.5. The SMILES string of the molecule is CCCCC(=O)N(Cc1ccc(-c2ccccc2-c2nn[nH]n2)cc1)CC(CC)(CC)C(=O)OCC. The Labute approximate surface area is 213 Å². The van der Waals surface area contributed by atoms with Crippen molar-refractivity contribution in [2.75, 3.05) is 13.2 Å². The second-order valence-electron chi connectivity index (χ2n) is 9.04. The quantitative estimate of drug-likeness (QED) is 0.320. The first-order valence-corrected chi connectivity index (χ1v) is 12.8. The highest BCUT2D eigenvalue weighted by Crippen LogP contribution is 2.32. The average Bonchev–Trinajstić information content (AvgIpc) is 3.45. The first-order chi connectivity index (χ1) is 17.5. The standard InChI is InChI=1S/C28H37N5O3/c1-5-9-14-25(34)33(20-28(6-2,7-3)27(35)36-8-4)19-21-15-17-22(18-16-21)23-12-10-11-13-24(23)26-29-31-32-30-26/h10-13,15-18H,5-9,14,19-20H2,1-4H3,(H,29,30,31,32). The van der Waals surface area contributed by atoms with Crippen LogP contribution in [0.4, 0.5) is 0 Å². The normalized spacial score (nSPS) is 11.3. The smallest absolute Gasteiger partial charge is 0.313 e. The molecule has 1 heterocycles. The zero-order chi connectivity index (χ0) is 26.0. The maximum atomic E-state index is 13.2. The van der Waals surface area contributed by atoms with Crippen molar-refractivity contribution in [2.45, 2.75) is 66.3 Å². The number of aromatic nitrogens is 4. The average molecular weight is 492 g/mol. The van der Waals surface area contributed by atoms with Crippen LogP contribution >= 0.6 is 0 Å². The van der Waals surface area contributed by atoms with Gasteiger partial charge in [0, 0.05) is 25.1 Å². The van der Waals surface area contributed by atoms with Crippen LogP contribution in [0.1, 0.15) is 65.4 Å². The predicted molar refractivity (Wildman–Crippen MR) is 140 cm³/mol. The predicted octanol–water partition coefficient (Wildman–Crippen LogP) is 5.42. The van der Waals surface area contributed by atoms with Crippen LogP contribution in [0.3, 0.4) is 0 Å². The molecule has 36 heavy (non-hydrogen) atoms. The molecule has 8 heteroatoms. The molecule has 0 atom stereocenters. The van der Waals surface area contributed by atoms with E-state index >= 15 is 0 Å². The van der Waals surface area contributed by atoms with Gasteiger partial charge in [-0.1, -0.05) is 75.7 Å². The summed E-state index contributed by atoms with van der Waals surface area (Å²) in [7, 11) is 0. The molecule has 0 unspecified atom stereocenters. The molecule has 1 amide bonds. The number of tetrazole rings is 1. The van der Waals surface area contributed by atoms with Crippen LogP contribution in [0, 0.1) is 5.41 Å². The van der Waals surface area contributed by atoms with E-state index in [1.165, 1.54) is 0 Å². The lowest BCUT2D eigenvalue weighted by Crippen LogP contribution is -2.45. The number of carbonyl (C=O) groups excluding carboxylic acids is 2. The van der Waals surface area contributed by atoms with Crippen LogP contribution in [0.2, 0.25) is 0 Å². The summed E-state index contributed by atoms with van der Waals surface area (Å²) in [5, 5.41) is 14.4. The topological polar surface area (TPSA) is 101 Å². The Morgan fingerprint density at radius 2 is 1.67 bits per heavy atom. The van der Waals surface area contributed by atoms with E-state index in [-0.39, 0.29) is 11.9 Å². The number of esters is 1. The number of H-pyrrole nitrogens is 1. The van der Waals surface area contributed by atoms with Gasteiger partial charge in [-0.15, -0.1) is 10.2 Å². The molecule has 0 spiro atoms. The van der Waals surface area contributed by atoms with Crippen LogP contribution < -0.4 is 0 Å². The molecule has 8 nitrogen and oxygen atoms in total. The second-order valence-corrected chi connectivity index (χ2v) is 9.04. The van der Waals surface area contributed by atoms with E-state index in [4.69, 9.17) is 4.74 Å². The number of hydrogen-bond acceptors (Lipinski definition) is 6. The van der Waals surface area contributed by atoms with Gasteiger partial charge in [-0.2, -0.15) is 5.21 Å². The Bertz CT molecular complexity index is 1110. The number of nitrogens with one attached hydrogen (secondary N) is 1. The molecule has 0 aliphatic carbocycles. The Morgan fingerprint density at radius 1 is 0.972 bits per heavy atom. The summed E-state index contributed by atoms with van der Waals surface area (Å²) in [6.07, 6.45) is 3.47. The van der Waals surface area contributed by atoms with Gasteiger partial charge < -0.3 is 9.64 Å². The number of aromatic amines is 1. The first-order valence-electron chi connectivity index (χ1n) is 12.8. The molecule has 3 rings (SSSR count). The van der Waals surface area contributed by atoms with E-state index in [1.54, 1.807) is 0 Å². The summed E-state index contributed by atoms with van der Waals surface area (Å²) in [5.41, 5.74) is 3.21. The van der Waals surface area contributed by atoms with Gasteiger partial charge >= 0.3 is 5.97 Å². The lowest BCUT2D eigenvalue weighted by Gasteiger charge is -2.35. The Morgan fingerprint density at radius 3 is 2.25 bits per heavy atom. The molecule has 0 saturated heterocycles. The minimum Gasteiger partial charge on any atom is -0.466 e. The number of ether oxygens (including phenoxy) is 1. The highest BCUT2D eigenvalue weighted by Gasteiger charge is 2.39. The molecule has 0 aliphatic rings. The third-order valence-electron chi connectivity index (χ3n) is 6.80. The Kier molecular flexibility index (Phi) is 9.73. The molecular formula is C28H37N5O3. The van der Waals surface area contributed by atoms with Gasteiger partial charge in [0.2, 0.25) is 11.7 Å². The van der Waals surface area contributed by atoms with Gasteiger partial charge in [0.15, 0.2) is 0 Å². The summed E-state index contributed by atoms with van der Waals surface area (Å²) in [6.45, 7) is 8.99. The van der Waals surface area contributed by atoms with Crippen LogP contribution in [0.25, 0.3) is 22.5 Å². The van der Waals surface area contributed by atoms with E-state index in [1.807, 2.05) is 74.2 Å². The number of amides is 1. The number of carbonyl (C=O) groups is 2. The molecule has 2 aromatic carbocycles. The molecule has 0 bridgehead atoms. The molecule has 0 aliphatic heterocycles. The van der Waals surface area contributed by atoms with Crippen molar-refractivity contribution in [1.29, 1.82) is 0 Å². The van der Waals surface area contributed by atoms with E-state index < -0.39 is 5.41 Å². The molecule has 1 N–H and O–H groups in total. The van der Waals surface area contributed by atoms with E-state index in [0.717, 1.165) is 35.1 Å². The lowest BCUT2D eigenvalue weighted by atomic mass is 9.81. The van der Waals surface area contributed by atoms with Crippen molar-refractivity contribution < 1.29 is 14.3 Å². The van der Waals surface area contributed by atoms with Crippen LogP contribution in [0.5, 0.6) is 0 Å². The summed E-state index contributed by atoms with van der Waals surface area (Å²) < 4.78 is 5.41. The molecule has 0 fully saturated rings. The van der Waals surface area contributed by atoms with Crippen LogP contribution in [-0.2, 0) is 20.9 Å². The third-order valence-corrected chi connectivity index (χ3v) is 6.80. The number of hydrogen-bond donors (Lipinski definition) is 1. The summed E-state index contributed by atoms with van der Waals surface area (Å²) in [5.74, 6) is 0.382. The van der Waals surface area contributed by atoms with Crippen LogP contribution in [-0.4, -0.2) is 50.6 Å². The van der Waals surface area contributed by atoms with E-state index in [9.17, 15) is 9.59 Å². The molecule has 1 aromatic heterocycles. The van der Waals surface area contributed by atoms with Gasteiger partial charge in [0.25, 0.3) is 0 Å². The molecular weight excluding hydrogens is 454 g/mol. The number of unbranched alkanes of at least 4 members (excludes halogenated alkanes) is 1. The number of benzene rings is 2. The van der Waals surface area contributed by atoms with Crippen molar-refractivity contribution in [3.63, 3.8) is 0 Å². The molecule has 0 saturated carbocycles. The second kappa shape index (κ2) is 13.0. The van der Waals surface area contributed by atoms with Crippen LogP contribution in [0.15, 0.2) is 48.5 Å². The van der Waals surface area contributed by atoms with E-state index in [2.05, 4.69) is 27.5 Å². The number of nitrogens with zero attached hydrogens (tertiary/aromatic N) is 4. The monoisotopic (exact) mass is 491 g/mol. The third kappa shape index (κ3) is 6.36. The van der Waals surface area contributed by atoms with Crippen molar-refractivity contribution in [1.82, 2.24) is 25.5 Å². The Balaban J connectivity index is 1.86. The Hall–Kier alpha value is -3.55. The highest BCUT2D eigenvalue weighted by molar-refractivity contribution is 5.81. The number of rotatable bonds is 13. The molecule has 0 radical (unpaired) electrons. The van der Waals surface area contributed by atoms with E-state index in [0.29, 0.717) is 44.8 Å². The van der Waals surface area contributed by atoms with Crippen molar-refractivity contribution in [2.24, 2.45) is 5.41 Å². The molecule has 192 valence electrons. The first kappa shape index (κ1) is 27.0. The van der Waals surface area contributed by atoms with Gasteiger partial charge in [0.1, 0.15) is 0 Å². The summed E-state index contributed by atoms with van der Waals surface area (Å²) in [4.78, 5) is 28.0. The largest absolute Gasteiger partial charge is 0.466 e. The lowest BCUT2D eigenvalue weighted by molar-refractivity contribution is -0.158. The maximum Gasteiger partial charge on any atom is 0.313 e. The van der Waals surface area contributed by atoms with Crippen molar-refractivity contribution in [3.05, 3.63) is 54.1 Å². The van der Waals surface area contributed by atoms with Crippen molar-refractivity contribution in [3.8, 4) is 22.5 Å². The maximum absolute atomic E-state index is 13.2. The summed E-state index contributed by atoms with van der Waals surface area (Å²) >= 11 is 0. The minimum absolute atomic E-state index is 0.0685. The van der Waals surface area contributed by atoms with Gasteiger partial charge in [-0.05, 0) is 48.1 Å². The van der Waals surface area contributed by atoms with Crippen molar-refractivity contribution >= 4 is 11.9 Å². The zero-order valence-corrected chi connectivity index (χ0v) is 21.8. The van der Waals surface area contributed by atoms with Gasteiger partial charge in [0.05, 0.1) is 12.0 Å². The minimum atomic E-state index is -0.707. The van der Waals surface area contributed by atoms with Gasteiger partial charge in [-0.25, -0.2) is 0 Å². The summed E-state index contributed by atoms with van der Waals surface area (Å²) in [6, 6.07) is 16.1. The fourth-order valence-electron chi connectivity index (χ4n) is 4.41. The fraction of sp³-hybridized carbons (Fsp3) is 0.464. The fourth-order valence-corrected chi connectivity index (χ4v) is 4.41.